The first-order valence-corrected chi connectivity index (χ1v) is 7.82. The van der Waals surface area contributed by atoms with Gasteiger partial charge in [-0.15, -0.1) is 0 Å². The molecule has 4 nitrogen and oxygen atoms in total. The number of carbonyl (C=O) groups is 1. The lowest BCUT2D eigenvalue weighted by Gasteiger charge is -2.18. The fourth-order valence-corrected chi connectivity index (χ4v) is 2.53. The molecule has 0 saturated heterocycles. The van der Waals surface area contributed by atoms with E-state index >= 15 is 0 Å². The Morgan fingerprint density at radius 1 is 1.17 bits per heavy atom. The van der Waals surface area contributed by atoms with Gasteiger partial charge in [0, 0.05) is 24.2 Å². The van der Waals surface area contributed by atoms with Crippen LogP contribution >= 0.6 is 11.6 Å². The van der Waals surface area contributed by atoms with E-state index in [0.29, 0.717) is 29.5 Å². The van der Waals surface area contributed by atoms with Gasteiger partial charge in [-0.3, -0.25) is 4.79 Å². The van der Waals surface area contributed by atoms with Crippen LogP contribution in [0.1, 0.15) is 28.9 Å². The minimum atomic E-state index is -0.313. The van der Waals surface area contributed by atoms with E-state index in [1.165, 1.54) is 0 Å². The summed E-state index contributed by atoms with van der Waals surface area (Å²) in [7, 11) is 1.59. The van der Waals surface area contributed by atoms with Gasteiger partial charge in [-0.05, 0) is 25.1 Å². The van der Waals surface area contributed by atoms with Crippen LogP contribution in [-0.4, -0.2) is 26.2 Å². The van der Waals surface area contributed by atoms with E-state index < -0.39 is 0 Å². The van der Waals surface area contributed by atoms with Crippen molar-refractivity contribution in [1.82, 2.24) is 5.32 Å². The lowest BCUT2D eigenvalue weighted by atomic mass is 10.1. The molecule has 5 heteroatoms. The maximum Gasteiger partial charge on any atom is 0.255 e. The zero-order valence-corrected chi connectivity index (χ0v) is 14.0. The number of carbonyl (C=O) groups excluding carboxylic acids is 1. The number of hydrogen-bond donors (Lipinski definition) is 1. The minimum Gasteiger partial charge on any atom is -0.493 e. The average Bonchev–Trinajstić information content (AvgIpc) is 2.57. The van der Waals surface area contributed by atoms with Gasteiger partial charge in [0.25, 0.3) is 5.91 Å². The largest absolute Gasteiger partial charge is 0.493 e. The number of rotatable bonds is 7. The van der Waals surface area contributed by atoms with Crippen molar-refractivity contribution < 1.29 is 14.3 Å². The highest BCUT2D eigenvalue weighted by atomic mass is 35.5. The summed E-state index contributed by atoms with van der Waals surface area (Å²) in [5.41, 5.74) is 1.35. The van der Waals surface area contributed by atoms with Gasteiger partial charge in [0.1, 0.15) is 11.9 Å². The maximum atomic E-state index is 12.4. The highest BCUT2D eigenvalue weighted by Gasteiger charge is 2.17. The molecule has 2 aromatic rings. The Hall–Kier alpha value is -2.04. The Morgan fingerprint density at radius 2 is 1.87 bits per heavy atom. The van der Waals surface area contributed by atoms with Gasteiger partial charge >= 0.3 is 0 Å². The smallest absolute Gasteiger partial charge is 0.255 e. The summed E-state index contributed by atoms with van der Waals surface area (Å²) >= 11 is 6.18. The third-order valence-electron chi connectivity index (χ3n) is 3.42. The standard InChI is InChI=1S/C18H20ClNO3/c1-3-23-16-11-7-5-9-14(16)18(21)20-12-17(22-2)13-8-4-6-10-15(13)19/h4-11,17H,3,12H2,1-2H3,(H,20,21). The molecule has 0 spiro atoms. The van der Waals surface area contributed by atoms with Crippen molar-refractivity contribution in [3.8, 4) is 5.75 Å². The fourth-order valence-electron chi connectivity index (χ4n) is 2.27. The number of amides is 1. The van der Waals surface area contributed by atoms with E-state index in [1.54, 1.807) is 31.4 Å². The molecule has 1 atom stereocenters. The molecule has 0 saturated carbocycles. The quantitative estimate of drug-likeness (QED) is 0.837. The Kier molecular flexibility index (Phi) is 6.44. The van der Waals surface area contributed by atoms with E-state index in [9.17, 15) is 4.79 Å². The monoisotopic (exact) mass is 333 g/mol. The number of para-hydroxylation sites is 1. The molecule has 0 radical (unpaired) electrons. The molecule has 2 aromatic carbocycles. The first-order chi connectivity index (χ1) is 11.2. The first kappa shape index (κ1) is 17.3. The molecule has 0 fully saturated rings. The maximum absolute atomic E-state index is 12.4. The lowest BCUT2D eigenvalue weighted by Crippen LogP contribution is -2.29. The average molecular weight is 334 g/mol. The predicted molar refractivity (Wildman–Crippen MR) is 91.1 cm³/mol. The summed E-state index contributed by atoms with van der Waals surface area (Å²) < 4.78 is 10.9. The summed E-state index contributed by atoms with van der Waals surface area (Å²) in [6, 6.07) is 14.6. The van der Waals surface area contributed by atoms with Crippen molar-refractivity contribution in [1.29, 1.82) is 0 Å². The molecular weight excluding hydrogens is 314 g/mol. The second-order valence-corrected chi connectivity index (χ2v) is 5.29. The highest BCUT2D eigenvalue weighted by molar-refractivity contribution is 6.31. The summed E-state index contributed by atoms with van der Waals surface area (Å²) in [6.45, 7) is 2.71. The topological polar surface area (TPSA) is 47.6 Å². The molecule has 0 aliphatic rings. The van der Waals surface area contributed by atoms with Crippen LogP contribution in [0.2, 0.25) is 5.02 Å². The van der Waals surface area contributed by atoms with Gasteiger partial charge in [0.2, 0.25) is 0 Å². The van der Waals surface area contributed by atoms with Gasteiger partial charge in [-0.25, -0.2) is 0 Å². The molecule has 1 amide bonds. The van der Waals surface area contributed by atoms with Crippen molar-refractivity contribution >= 4 is 17.5 Å². The van der Waals surface area contributed by atoms with Crippen LogP contribution < -0.4 is 10.1 Å². The van der Waals surface area contributed by atoms with Gasteiger partial charge in [-0.2, -0.15) is 0 Å². The Bertz CT molecular complexity index is 660. The van der Waals surface area contributed by atoms with E-state index in [2.05, 4.69) is 5.32 Å². The van der Waals surface area contributed by atoms with Crippen molar-refractivity contribution in [3.63, 3.8) is 0 Å². The van der Waals surface area contributed by atoms with E-state index in [1.807, 2.05) is 31.2 Å². The second-order valence-electron chi connectivity index (χ2n) is 4.89. The van der Waals surface area contributed by atoms with Gasteiger partial charge in [0.05, 0.1) is 12.2 Å². The van der Waals surface area contributed by atoms with Gasteiger partial charge in [0.15, 0.2) is 0 Å². The van der Waals surface area contributed by atoms with Gasteiger partial charge < -0.3 is 14.8 Å². The Balaban J connectivity index is 2.07. The molecule has 122 valence electrons. The van der Waals surface area contributed by atoms with E-state index in [4.69, 9.17) is 21.1 Å². The SMILES string of the molecule is CCOc1ccccc1C(=O)NCC(OC)c1ccccc1Cl. The highest BCUT2D eigenvalue weighted by Crippen LogP contribution is 2.25. The van der Waals surface area contributed by atoms with Crippen molar-refractivity contribution in [2.45, 2.75) is 13.0 Å². The zero-order chi connectivity index (χ0) is 16.7. The normalized spacial score (nSPS) is 11.8. The van der Waals surface area contributed by atoms with Gasteiger partial charge in [-0.1, -0.05) is 41.9 Å². The molecule has 0 bridgehead atoms. The van der Waals surface area contributed by atoms with Crippen molar-refractivity contribution in [2.75, 3.05) is 20.3 Å². The first-order valence-electron chi connectivity index (χ1n) is 7.44. The predicted octanol–water partition coefficient (Wildman–Crippen LogP) is 3.86. The summed E-state index contributed by atoms with van der Waals surface area (Å²) in [4.78, 5) is 12.4. The molecular formula is C18H20ClNO3. The molecule has 1 N–H and O–H groups in total. The zero-order valence-electron chi connectivity index (χ0n) is 13.2. The second kappa shape index (κ2) is 8.56. The van der Waals surface area contributed by atoms with Crippen molar-refractivity contribution in [2.24, 2.45) is 0 Å². The summed E-state index contributed by atoms with van der Waals surface area (Å²) in [6.07, 6.45) is -0.313. The number of nitrogens with one attached hydrogen (secondary N) is 1. The number of ether oxygens (including phenoxy) is 2. The van der Waals surface area contributed by atoms with Crippen LogP contribution in [-0.2, 0) is 4.74 Å². The van der Waals surface area contributed by atoms with Crippen LogP contribution in [0.3, 0.4) is 0 Å². The summed E-state index contributed by atoms with van der Waals surface area (Å²) in [5, 5.41) is 3.49. The number of hydrogen-bond acceptors (Lipinski definition) is 3. The van der Waals surface area contributed by atoms with Crippen LogP contribution in [0.4, 0.5) is 0 Å². The Labute approximate surface area is 141 Å². The van der Waals surface area contributed by atoms with Crippen molar-refractivity contribution in [3.05, 3.63) is 64.7 Å². The molecule has 0 aliphatic carbocycles. The van der Waals surface area contributed by atoms with E-state index in [-0.39, 0.29) is 12.0 Å². The molecule has 0 aromatic heterocycles. The van der Waals surface area contributed by atoms with E-state index in [0.717, 1.165) is 5.56 Å². The molecule has 2 rings (SSSR count). The van der Waals surface area contributed by atoms with Crippen LogP contribution in [0, 0.1) is 0 Å². The molecule has 23 heavy (non-hydrogen) atoms. The van der Waals surface area contributed by atoms with Crippen LogP contribution in [0.25, 0.3) is 0 Å². The Morgan fingerprint density at radius 3 is 2.57 bits per heavy atom. The number of methoxy groups -OCH3 is 1. The minimum absolute atomic E-state index is 0.205. The third-order valence-corrected chi connectivity index (χ3v) is 3.76. The fraction of sp³-hybridized carbons (Fsp3) is 0.278. The molecule has 1 unspecified atom stereocenters. The molecule has 0 heterocycles. The number of halogens is 1. The summed E-state index contributed by atoms with van der Waals surface area (Å²) in [5.74, 6) is 0.363. The number of benzene rings is 2. The van der Waals surface area contributed by atoms with Crippen LogP contribution in [0.5, 0.6) is 5.75 Å². The lowest BCUT2D eigenvalue weighted by molar-refractivity contribution is 0.0825. The molecule has 0 aliphatic heterocycles. The van der Waals surface area contributed by atoms with Crippen LogP contribution in [0.15, 0.2) is 48.5 Å². The third kappa shape index (κ3) is 4.47.